The molecule has 0 spiro atoms. The van der Waals surface area contributed by atoms with Crippen LogP contribution >= 0.6 is 0 Å². The van der Waals surface area contributed by atoms with Gasteiger partial charge in [0, 0.05) is 6.61 Å². The van der Waals surface area contributed by atoms with Gasteiger partial charge in [-0.1, -0.05) is 32.3 Å². The number of hydrogen-bond donors (Lipinski definition) is 0. The van der Waals surface area contributed by atoms with Crippen molar-refractivity contribution in [3.05, 3.63) is 29.3 Å². The van der Waals surface area contributed by atoms with Crippen molar-refractivity contribution in [2.45, 2.75) is 46.5 Å². The number of aryl methyl sites for hydroxylation is 2. The van der Waals surface area contributed by atoms with Crippen LogP contribution in [0, 0.1) is 13.8 Å². The van der Waals surface area contributed by atoms with Crippen LogP contribution in [0.25, 0.3) is 0 Å². The minimum Gasteiger partial charge on any atom is -0.491 e. The first-order valence-corrected chi connectivity index (χ1v) is 8.09. The maximum Gasteiger partial charge on any atom is 0.119 e. The molecule has 0 bridgehead atoms. The summed E-state index contributed by atoms with van der Waals surface area (Å²) in [6, 6.07) is 6.15. The van der Waals surface area contributed by atoms with Crippen molar-refractivity contribution < 1.29 is 14.2 Å². The van der Waals surface area contributed by atoms with Gasteiger partial charge in [0.05, 0.1) is 19.8 Å². The maximum atomic E-state index is 5.65. The van der Waals surface area contributed by atoms with E-state index in [2.05, 4.69) is 32.9 Å². The fourth-order valence-electron chi connectivity index (χ4n) is 1.98. The minimum atomic E-state index is 0.582. The smallest absolute Gasteiger partial charge is 0.119 e. The number of hydrogen-bond acceptors (Lipinski definition) is 3. The van der Waals surface area contributed by atoms with E-state index in [1.54, 1.807) is 0 Å². The monoisotopic (exact) mass is 294 g/mol. The van der Waals surface area contributed by atoms with E-state index in [-0.39, 0.29) is 0 Å². The molecule has 0 aliphatic carbocycles. The fourth-order valence-corrected chi connectivity index (χ4v) is 1.98. The topological polar surface area (TPSA) is 27.7 Å². The van der Waals surface area contributed by atoms with Crippen molar-refractivity contribution >= 4 is 0 Å². The van der Waals surface area contributed by atoms with E-state index in [1.807, 2.05) is 6.07 Å². The van der Waals surface area contributed by atoms with Gasteiger partial charge in [-0.25, -0.2) is 0 Å². The molecule has 0 radical (unpaired) electrons. The molecular weight excluding hydrogens is 264 g/mol. The number of benzene rings is 1. The largest absolute Gasteiger partial charge is 0.491 e. The summed E-state index contributed by atoms with van der Waals surface area (Å²) in [6.07, 6.45) is 4.99. The molecule has 0 aliphatic rings. The normalized spacial score (nSPS) is 10.8. The summed E-state index contributed by atoms with van der Waals surface area (Å²) in [5, 5.41) is 0. The Balaban J connectivity index is 1.91. The molecule has 0 unspecified atom stereocenters. The molecular formula is C18H30O3. The molecule has 1 aromatic rings. The second-order valence-electron chi connectivity index (χ2n) is 5.38. The van der Waals surface area contributed by atoms with E-state index in [0.717, 1.165) is 18.8 Å². The number of ether oxygens (including phenoxy) is 3. The van der Waals surface area contributed by atoms with Crippen LogP contribution in [0.2, 0.25) is 0 Å². The summed E-state index contributed by atoms with van der Waals surface area (Å²) in [6.45, 7) is 9.77. The zero-order valence-electron chi connectivity index (χ0n) is 13.8. The lowest BCUT2D eigenvalue weighted by atomic mass is 10.1. The van der Waals surface area contributed by atoms with E-state index >= 15 is 0 Å². The molecule has 0 N–H and O–H groups in total. The van der Waals surface area contributed by atoms with Crippen LogP contribution in [0.5, 0.6) is 5.75 Å². The Morgan fingerprint density at radius 1 is 0.762 bits per heavy atom. The first-order valence-electron chi connectivity index (χ1n) is 8.09. The van der Waals surface area contributed by atoms with Crippen LogP contribution < -0.4 is 4.74 Å². The van der Waals surface area contributed by atoms with E-state index in [0.29, 0.717) is 26.4 Å². The Morgan fingerprint density at radius 2 is 1.48 bits per heavy atom. The third-order valence-corrected chi connectivity index (χ3v) is 3.49. The fraction of sp³-hybridized carbons (Fsp3) is 0.667. The van der Waals surface area contributed by atoms with Crippen molar-refractivity contribution in [1.29, 1.82) is 0 Å². The molecule has 1 aromatic carbocycles. The van der Waals surface area contributed by atoms with Gasteiger partial charge in [-0.3, -0.25) is 0 Å². The first kappa shape index (κ1) is 18.0. The number of rotatable bonds is 12. The van der Waals surface area contributed by atoms with Gasteiger partial charge in [0.2, 0.25) is 0 Å². The van der Waals surface area contributed by atoms with Gasteiger partial charge in [-0.05, 0) is 43.5 Å². The first-order chi connectivity index (χ1) is 10.2. The lowest BCUT2D eigenvalue weighted by Crippen LogP contribution is -2.11. The van der Waals surface area contributed by atoms with Crippen molar-refractivity contribution in [2.75, 3.05) is 33.0 Å². The van der Waals surface area contributed by atoms with Crippen molar-refractivity contribution in [2.24, 2.45) is 0 Å². The Labute approximate surface area is 129 Å². The molecule has 1 rings (SSSR count). The average molecular weight is 294 g/mol. The molecule has 0 amide bonds. The molecule has 0 atom stereocenters. The van der Waals surface area contributed by atoms with E-state index in [4.69, 9.17) is 14.2 Å². The van der Waals surface area contributed by atoms with Crippen LogP contribution in [0.3, 0.4) is 0 Å². The lowest BCUT2D eigenvalue weighted by Gasteiger charge is -2.09. The molecule has 0 aromatic heterocycles. The SMILES string of the molecule is CCCCCCOCCOCCOc1ccc(C)c(C)c1. The van der Waals surface area contributed by atoms with Gasteiger partial charge < -0.3 is 14.2 Å². The zero-order valence-corrected chi connectivity index (χ0v) is 13.8. The average Bonchev–Trinajstić information content (AvgIpc) is 2.48. The standard InChI is InChI=1S/C18H30O3/c1-4-5-6-7-10-19-11-12-20-13-14-21-18-9-8-16(2)17(3)15-18/h8-9,15H,4-7,10-14H2,1-3H3. The van der Waals surface area contributed by atoms with Gasteiger partial charge in [-0.2, -0.15) is 0 Å². The predicted molar refractivity (Wildman–Crippen MR) is 87.2 cm³/mol. The molecule has 0 heterocycles. The molecule has 0 fully saturated rings. The Hall–Kier alpha value is -1.06. The van der Waals surface area contributed by atoms with Gasteiger partial charge in [0.15, 0.2) is 0 Å². The highest BCUT2D eigenvalue weighted by molar-refractivity contribution is 5.33. The van der Waals surface area contributed by atoms with Crippen LogP contribution in [0.4, 0.5) is 0 Å². The molecule has 21 heavy (non-hydrogen) atoms. The molecule has 0 saturated heterocycles. The van der Waals surface area contributed by atoms with Crippen LogP contribution in [-0.2, 0) is 9.47 Å². The summed E-state index contributed by atoms with van der Waals surface area (Å²) >= 11 is 0. The van der Waals surface area contributed by atoms with E-state index in [9.17, 15) is 0 Å². The minimum absolute atomic E-state index is 0.582. The quantitative estimate of drug-likeness (QED) is 0.538. The molecule has 3 nitrogen and oxygen atoms in total. The van der Waals surface area contributed by atoms with E-state index < -0.39 is 0 Å². The van der Waals surface area contributed by atoms with E-state index in [1.165, 1.54) is 30.4 Å². The van der Waals surface area contributed by atoms with Gasteiger partial charge in [-0.15, -0.1) is 0 Å². The summed E-state index contributed by atoms with van der Waals surface area (Å²) in [5.74, 6) is 0.911. The second-order valence-corrected chi connectivity index (χ2v) is 5.38. The van der Waals surface area contributed by atoms with Gasteiger partial charge in [0.25, 0.3) is 0 Å². The van der Waals surface area contributed by atoms with Gasteiger partial charge >= 0.3 is 0 Å². The summed E-state index contributed by atoms with van der Waals surface area (Å²) in [7, 11) is 0. The summed E-state index contributed by atoms with van der Waals surface area (Å²) in [4.78, 5) is 0. The summed E-state index contributed by atoms with van der Waals surface area (Å²) in [5.41, 5.74) is 2.54. The maximum absolute atomic E-state index is 5.65. The summed E-state index contributed by atoms with van der Waals surface area (Å²) < 4.78 is 16.6. The highest BCUT2D eigenvalue weighted by atomic mass is 16.5. The molecule has 3 heteroatoms. The Kier molecular flexibility index (Phi) is 9.92. The third-order valence-electron chi connectivity index (χ3n) is 3.49. The van der Waals surface area contributed by atoms with Crippen molar-refractivity contribution in [3.8, 4) is 5.75 Å². The number of unbranched alkanes of at least 4 members (excludes halogenated alkanes) is 3. The van der Waals surface area contributed by atoms with Crippen molar-refractivity contribution in [3.63, 3.8) is 0 Å². The highest BCUT2D eigenvalue weighted by Gasteiger charge is 1.97. The van der Waals surface area contributed by atoms with Crippen molar-refractivity contribution in [1.82, 2.24) is 0 Å². The van der Waals surface area contributed by atoms with Crippen LogP contribution in [0.1, 0.15) is 43.7 Å². The predicted octanol–water partition coefficient (Wildman–Crippen LogP) is 4.30. The molecule has 0 aliphatic heterocycles. The van der Waals surface area contributed by atoms with Crippen LogP contribution in [-0.4, -0.2) is 33.0 Å². The Morgan fingerprint density at radius 3 is 2.19 bits per heavy atom. The zero-order chi connectivity index (χ0) is 15.3. The Bertz CT molecular complexity index is 377. The lowest BCUT2D eigenvalue weighted by molar-refractivity contribution is 0.0352. The second kappa shape index (κ2) is 11.6. The van der Waals surface area contributed by atoms with Gasteiger partial charge in [0.1, 0.15) is 12.4 Å². The molecule has 120 valence electrons. The van der Waals surface area contributed by atoms with Crippen LogP contribution in [0.15, 0.2) is 18.2 Å². The third kappa shape index (κ3) is 8.74. The molecule has 0 saturated carbocycles. The highest BCUT2D eigenvalue weighted by Crippen LogP contribution is 2.16.